The summed E-state index contributed by atoms with van der Waals surface area (Å²) in [5.74, 6) is 0. The molecule has 2 aliphatic rings. The second-order valence-corrected chi connectivity index (χ2v) is 6.26. The number of hydrogen-bond donors (Lipinski definition) is 1. The van der Waals surface area contributed by atoms with Crippen LogP contribution in [0, 0.1) is 5.41 Å². The van der Waals surface area contributed by atoms with Gasteiger partial charge in [0.15, 0.2) is 0 Å². The second-order valence-electron chi connectivity index (χ2n) is 6.26. The van der Waals surface area contributed by atoms with Gasteiger partial charge in [0.25, 0.3) is 0 Å². The Bertz CT molecular complexity index is 237. The Hall–Kier alpha value is -0.0800. The molecule has 88 valence electrons. The Balaban J connectivity index is 1.89. The van der Waals surface area contributed by atoms with Crippen molar-refractivity contribution in [1.82, 2.24) is 4.90 Å². The lowest BCUT2D eigenvalue weighted by molar-refractivity contribution is 0.133. The fourth-order valence-electron chi connectivity index (χ4n) is 3.03. The molecule has 2 nitrogen and oxygen atoms in total. The Morgan fingerprint density at radius 1 is 1.47 bits per heavy atom. The zero-order chi connectivity index (χ0) is 11.1. The number of likely N-dealkylation sites (tertiary alicyclic amines) is 1. The molecule has 2 rings (SSSR count). The summed E-state index contributed by atoms with van der Waals surface area (Å²) in [5.41, 5.74) is 6.96. The van der Waals surface area contributed by atoms with E-state index in [1.54, 1.807) is 0 Å². The van der Waals surface area contributed by atoms with Gasteiger partial charge in [-0.05, 0) is 39.7 Å². The quantitative estimate of drug-likeness (QED) is 0.772. The van der Waals surface area contributed by atoms with Gasteiger partial charge in [0.05, 0.1) is 0 Å². The molecule has 2 fully saturated rings. The third kappa shape index (κ3) is 2.07. The summed E-state index contributed by atoms with van der Waals surface area (Å²) in [6.07, 6.45) is 6.59. The number of rotatable bonds is 4. The van der Waals surface area contributed by atoms with E-state index in [1.807, 2.05) is 0 Å². The molecule has 1 saturated heterocycles. The molecular formula is C13H26N2. The van der Waals surface area contributed by atoms with Crippen LogP contribution >= 0.6 is 0 Å². The van der Waals surface area contributed by atoms with E-state index in [0.29, 0.717) is 17.0 Å². The zero-order valence-electron chi connectivity index (χ0n) is 10.6. The van der Waals surface area contributed by atoms with Crippen molar-refractivity contribution in [2.75, 3.05) is 13.1 Å². The van der Waals surface area contributed by atoms with Gasteiger partial charge in [-0.2, -0.15) is 0 Å². The SMILES string of the molecule is CCCCC(C)(C)N1CCC2(CC2N)C1. The largest absolute Gasteiger partial charge is 0.327 e. The fourth-order valence-corrected chi connectivity index (χ4v) is 3.03. The van der Waals surface area contributed by atoms with Crippen LogP contribution in [-0.2, 0) is 0 Å². The molecule has 2 unspecified atom stereocenters. The van der Waals surface area contributed by atoms with E-state index < -0.39 is 0 Å². The number of unbranched alkanes of at least 4 members (excludes halogenated alkanes) is 1. The highest BCUT2D eigenvalue weighted by Gasteiger charge is 2.56. The van der Waals surface area contributed by atoms with Crippen LogP contribution in [-0.4, -0.2) is 29.6 Å². The minimum Gasteiger partial charge on any atom is -0.327 e. The number of nitrogens with two attached hydrogens (primary N) is 1. The maximum Gasteiger partial charge on any atom is 0.0153 e. The Morgan fingerprint density at radius 3 is 2.60 bits per heavy atom. The van der Waals surface area contributed by atoms with Crippen LogP contribution in [0.5, 0.6) is 0 Å². The van der Waals surface area contributed by atoms with Crippen LogP contribution in [0.2, 0.25) is 0 Å². The molecule has 2 N–H and O–H groups in total. The summed E-state index contributed by atoms with van der Waals surface area (Å²) >= 11 is 0. The summed E-state index contributed by atoms with van der Waals surface area (Å²) in [6, 6.07) is 0.504. The van der Waals surface area contributed by atoms with Crippen molar-refractivity contribution in [3.8, 4) is 0 Å². The molecule has 2 atom stereocenters. The van der Waals surface area contributed by atoms with Crippen LogP contribution in [0.3, 0.4) is 0 Å². The molecule has 1 saturated carbocycles. The maximum absolute atomic E-state index is 6.04. The van der Waals surface area contributed by atoms with Gasteiger partial charge >= 0.3 is 0 Å². The zero-order valence-corrected chi connectivity index (χ0v) is 10.6. The summed E-state index contributed by atoms with van der Waals surface area (Å²) in [6.45, 7) is 9.60. The molecule has 1 aliphatic carbocycles. The third-order valence-corrected chi connectivity index (χ3v) is 4.64. The average molecular weight is 210 g/mol. The molecule has 0 aromatic heterocycles. The molecule has 2 heteroatoms. The maximum atomic E-state index is 6.04. The average Bonchev–Trinajstić information content (AvgIpc) is 2.64. The van der Waals surface area contributed by atoms with Crippen molar-refractivity contribution in [2.45, 2.75) is 64.5 Å². The highest BCUT2D eigenvalue weighted by atomic mass is 15.2. The van der Waals surface area contributed by atoms with Crippen molar-refractivity contribution in [2.24, 2.45) is 11.1 Å². The van der Waals surface area contributed by atoms with Crippen molar-refractivity contribution >= 4 is 0 Å². The van der Waals surface area contributed by atoms with Crippen molar-refractivity contribution in [3.05, 3.63) is 0 Å². The molecule has 1 heterocycles. The second kappa shape index (κ2) is 3.74. The normalized spacial score (nSPS) is 36.4. The monoisotopic (exact) mass is 210 g/mol. The van der Waals surface area contributed by atoms with E-state index in [1.165, 1.54) is 45.2 Å². The highest BCUT2D eigenvalue weighted by molar-refractivity contribution is 5.12. The molecule has 0 aromatic rings. The topological polar surface area (TPSA) is 29.3 Å². The van der Waals surface area contributed by atoms with E-state index in [9.17, 15) is 0 Å². The van der Waals surface area contributed by atoms with E-state index in [4.69, 9.17) is 5.73 Å². The first-order valence-corrected chi connectivity index (χ1v) is 6.51. The summed E-state index contributed by atoms with van der Waals surface area (Å²) in [4.78, 5) is 2.68. The summed E-state index contributed by atoms with van der Waals surface area (Å²) in [7, 11) is 0. The minimum absolute atomic E-state index is 0.391. The fraction of sp³-hybridized carbons (Fsp3) is 1.00. The van der Waals surface area contributed by atoms with Gasteiger partial charge in [-0.3, -0.25) is 4.90 Å². The standard InChI is InChI=1S/C13H26N2/c1-4-5-6-12(2,3)15-8-7-13(10-15)9-11(13)14/h11H,4-10,14H2,1-3H3. The van der Waals surface area contributed by atoms with E-state index in [-0.39, 0.29) is 0 Å². The van der Waals surface area contributed by atoms with Gasteiger partial charge in [0.1, 0.15) is 0 Å². The predicted molar refractivity (Wildman–Crippen MR) is 64.8 cm³/mol. The van der Waals surface area contributed by atoms with Crippen LogP contribution in [0.4, 0.5) is 0 Å². The molecule has 1 aliphatic heterocycles. The van der Waals surface area contributed by atoms with Gasteiger partial charge in [-0.25, -0.2) is 0 Å². The van der Waals surface area contributed by atoms with E-state index in [2.05, 4.69) is 25.7 Å². The van der Waals surface area contributed by atoms with Gasteiger partial charge in [-0.15, -0.1) is 0 Å². The lowest BCUT2D eigenvalue weighted by atomic mass is 9.95. The van der Waals surface area contributed by atoms with Crippen LogP contribution in [0.25, 0.3) is 0 Å². The molecule has 0 amide bonds. The first-order valence-electron chi connectivity index (χ1n) is 6.51. The molecule has 0 bridgehead atoms. The highest BCUT2D eigenvalue weighted by Crippen LogP contribution is 2.53. The third-order valence-electron chi connectivity index (χ3n) is 4.64. The molecular weight excluding hydrogens is 184 g/mol. The smallest absolute Gasteiger partial charge is 0.0153 e. The molecule has 1 spiro atoms. The van der Waals surface area contributed by atoms with Crippen LogP contribution in [0.1, 0.15) is 52.9 Å². The molecule has 0 radical (unpaired) electrons. The lowest BCUT2D eigenvalue weighted by Gasteiger charge is -2.36. The van der Waals surface area contributed by atoms with Crippen molar-refractivity contribution < 1.29 is 0 Å². The molecule has 0 aromatic carbocycles. The minimum atomic E-state index is 0.391. The van der Waals surface area contributed by atoms with Crippen LogP contribution < -0.4 is 5.73 Å². The Labute approximate surface area is 94.2 Å². The van der Waals surface area contributed by atoms with Crippen LogP contribution in [0.15, 0.2) is 0 Å². The van der Waals surface area contributed by atoms with E-state index in [0.717, 1.165) is 0 Å². The first kappa shape index (κ1) is 11.4. The Morgan fingerprint density at radius 2 is 2.13 bits per heavy atom. The van der Waals surface area contributed by atoms with Crippen molar-refractivity contribution in [1.29, 1.82) is 0 Å². The lowest BCUT2D eigenvalue weighted by Crippen LogP contribution is -2.42. The Kier molecular flexibility index (Phi) is 2.85. The number of nitrogens with zero attached hydrogens (tertiary/aromatic N) is 1. The predicted octanol–water partition coefficient (Wildman–Crippen LogP) is 2.38. The van der Waals surface area contributed by atoms with Gasteiger partial charge in [0.2, 0.25) is 0 Å². The summed E-state index contributed by atoms with van der Waals surface area (Å²) < 4.78 is 0. The summed E-state index contributed by atoms with van der Waals surface area (Å²) in [5, 5.41) is 0. The van der Waals surface area contributed by atoms with Gasteiger partial charge in [0, 0.05) is 23.5 Å². The van der Waals surface area contributed by atoms with Gasteiger partial charge in [-0.1, -0.05) is 19.8 Å². The van der Waals surface area contributed by atoms with Gasteiger partial charge < -0.3 is 5.73 Å². The van der Waals surface area contributed by atoms with E-state index >= 15 is 0 Å². The van der Waals surface area contributed by atoms with Crippen molar-refractivity contribution in [3.63, 3.8) is 0 Å². The first-order chi connectivity index (χ1) is 7.00. The molecule has 15 heavy (non-hydrogen) atoms. The number of hydrogen-bond acceptors (Lipinski definition) is 2.